The quantitative estimate of drug-likeness (QED) is 0.436. The highest BCUT2D eigenvalue weighted by Crippen LogP contribution is 1.91. The van der Waals surface area contributed by atoms with E-state index >= 15 is 0 Å². The fourth-order valence-corrected chi connectivity index (χ4v) is 0.894. The second-order valence-corrected chi connectivity index (χ2v) is 3.02. The maximum atomic E-state index is 10.5. The molecule has 2 atom stereocenters. The van der Waals surface area contributed by atoms with Crippen molar-refractivity contribution in [1.29, 1.82) is 0 Å². The molecule has 0 amide bonds. The van der Waals surface area contributed by atoms with Gasteiger partial charge in [-0.25, -0.2) is 0 Å². The van der Waals surface area contributed by atoms with E-state index in [1.807, 2.05) is 6.92 Å². The van der Waals surface area contributed by atoms with Crippen LogP contribution in [0.1, 0.15) is 13.3 Å². The van der Waals surface area contributed by atoms with Gasteiger partial charge in [-0.3, -0.25) is 4.79 Å². The van der Waals surface area contributed by atoms with Crippen LogP contribution in [0.3, 0.4) is 0 Å². The van der Waals surface area contributed by atoms with Crippen molar-refractivity contribution in [1.82, 2.24) is 5.32 Å². The summed E-state index contributed by atoms with van der Waals surface area (Å²) in [4.78, 5) is 10.5. The van der Waals surface area contributed by atoms with E-state index in [2.05, 4.69) is 17.9 Å². The van der Waals surface area contributed by atoms with Crippen molar-refractivity contribution in [2.45, 2.75) is 25.4 Å². The lowest BCUT2D eigenvalue weighted by atomic mass is 10.2. The molecule has 0 heterocycles. The first-order valence-electron chi connectivity index (χ1n) is 3.94. The molecule has 0 fully saturated rings. The fraction of sp³-hybridized carbons (Fsp3) is 0.857. The molecule has 0 aromatic carbocycles. The third-order valence-electron chi connectivity index (χ3n) is 1.57. The third-order valence-corrected chi connectivity index (χ3v) is 2.04. The topological polar surface area (TPSA) is 75.3 Å². The minimum atomic E-state index is -0.830. The van der Waals surface area contributed by atoms with Gasteiger partial charge in [-0.2, -0.15) is 12.6 Å². The first-order valence-corrected chi connectivity index (χ1v) is 4.57. The molecular weight excluding hydrogens is 176 g/mol. The Labute approximate surface area is 77.9 Å². The minimum Gasteiger partial charge on any atom is -0.480 e. The fourth-order valence-electron chi connectivity index (χ4n) is 0.764. The van der Waals surface area contributed by atoms with E-state index in [0.29, 0.717) is 18.7 Å². The summed E-state index contributed by atoms with van der Waals surface area (Å²) in [5.74, 6) is -0.271. The van der Waals surface area contributed by atoms with Crippen LogP contribution in [0.2, 0.25) is 0 Å². The lowest BCUT2D eigenvalue weighted by Crippen LogP contribution is -2.43. The van der Waals surface area contributed by atoms with Gasteiger partial charge < -0.3 is 16.2 Å². The van der Waals surface area contributed by atoms with Gasteiger partial charge in [0.15, 0.2) is 0 Å². The van der Waals surface area contributed by atoms with Gasteiger partial charge in [0.1, 0.15) is 6.04 Å². The smallest absolute Gasteiger partial charge is 0.320 e. The zero-order chi connectivity index (χ0) is 9.56. The van der Waals surface area contributed by atoms with Gasteiger partial charge >= 0.3 is 5.97 Å². The van der Waals surface area contributed by atoms with E-state index in [0.717, 1.165) is 0 Å². The predicted molar refractivity (Wildman–Crippen MR) is 51.5 cm³/mol. The summed E-state index contributed by atoms with van der Waals surface area (Å²) in [5.41, 5.74) is 5.54. The highest BCUT2D eigenvalue weighted by Gasteiger charge is 2.14. The molecule has 0 aromatic rings. The Hall–Kier alpha value is -0.260. The Balaban J connectivity index is 3.65. The van der Waals surface area contributed by atoms with Gasteiger partial charge in [0.05, 0.1) is 0 Å². The number of nitrogens with two attached hydrogens (primary N) is 1. The molecule has 0 spiro atoms. The highest BCUT2D eigenvalue weighted by atomic mass is 32.1. The molecule has 0 saturated carbocycles. The van der Waals surface area contributed by atoms with Crippen LogP contribution < -0.4 is 11.1 Å². The summed E-state index contributed by atoms with van der Waals surface area (Å²) < 4.78 is 0. The van der Waals surface area contributed by atoms with E-state index in [-0.39, 0.29) is 6.04 Å². The number of nitrogens with one attached hydrogen (secondary N) is 1. The van der Waals surface area contributed by atoms with Gasteiger partial charge in [-0.1, -0.05) is 6.92 Å². The molecule has 4 nitrogen and oxygen atoms in total. The van der Waals surface area contributed by atoms with Crippen molar-refractivity contribution in [2.24, 2.45) is 5.73 Å². The number of carboxylic acids is 1. The van der Waals surface area contributed by atoms with Gasteiger partial charge in [-0.15, -0.1) is 0 Å². The molecule has 5 heteroatoms. The third kappa shape index (κ3) is 4.58. The maximum absolute atomic E-state index is 10.5. The minimum absolute atomic E-state index is 0.0817. The second-order valence-electron chi connectivity index (χ2n) is 2.65. The van der Waals surface area contributed by atoms with Crippen LogP contribution in [-0.2, 0) is 4.79 Å². The summed E-state index contributed by atoms with van der Waals surface area (Å²) in [5, 5.41) is 11.5. The van der Waals surface area contributed by atoms with E-state index in [1.165, 1.54) is 0 Å². The summed E-state index contributed by atoms with van der Waals surface area (Å²) in [6.07, 6.45) is 0.564. The van der Waals surface area contributed by atoms with Crippen LogP contribution in [0.25, 0.3) is 0 Å². The summed E-state index contributed by atoms with van der Waals surface area (Å²) in [6.45, 7) is 2.31. The van der Waals surface area contributed by atoms with Gasteiger partial charge in [0.2, 0.25) is 0 Å². The van der Waals surface area contributed by atoms with Crippen molar-refractivity contribution < 1.29 is 9.90 Å². The Bertz CT molecular complexity index is 143. The molecule has 0 aromatic heterocycles. The number of aliphatic carboxylic acids is 1. The number of hydrogen-bond donors (Lipinski definition) is 4. The predicted octanol–water partition coefficient (Wildman–Crippen LogP) is -0.304. The van der Waals surface area contributed by atoms with Crippen LogP contribution in [0.5, 0.6) is 0 Å². The summed E-state index contributed by atoms with van der Waals surface area (Å²) in [7, 11) is 0. The lowest BCUT2D eigenvalue weighted by Gasteiger charge is -2.14. The second kappa shape index (κ2) is 6.28. The van der Waals surface area contributed by atoms with Gasteiger partial charge in [-0.05, 0) is 6.42 Å². The number of thiol groups is 1. The van der Waals surface area contributed by atoms with Crippen LogP contribution in [0.15, 0.2) is 0 Å². The first-order chi connectivity index (χ1) is 5.61. The van der Waals surface area contributed by atoms with Crippen molar-refractivity contribution in [3.63, 3.8) is 0 Å². The molecule has 0 radical (unpaired) electrons. The maximum Gasteiger partial charge on any atom is 0.320 e. The van der Waals surface area contributed by atoms with E-state index in [4.69, 9.17) is 10.8 Å². The van der Waals surface area contributed by atoms with Gasteiger partial charge in [0.25, 0.3) is 0 Å². The van der Waals surface area contributed by atoms with E-state index < -0.39 is 12.0 Å². The monoisotopic (exact) mass is 192 g/mol. The molecule has 0 saturated heterocycles. The standard InChI is InChI=1S/C7H16N2O2S/c1-2-6(7(10)11)9-3-5(8)4-12/h5-6,9,12H,2-4,8H2,1H3,(H,10,11)/t5-,6+/m1/s1. The Morgan fingerprint density at radius 2 is 2.33 bits per heavy atom. The Morgan fingerprint density at radius 1 is 1.75 bits per heavy atom. The molecule has 0 bridgehead atoms. The van der Waals surface area contributed by atoms with Crippen LogP contribution in [0, 0.1) is 0 Å². The molecule has 0 aliphatic heterocycles. The average Bonchev–Trinajstić information content (AvgIpc) is 2.04. The summed E-state index contributed by atoms with van der Waals surface area (Å²) >= 11 is 3.99. The van der Waals surface area contributed by atoms with Crippen LogP contribution in [0.4, 0.5) is 0 Å². The highest BCUT2D eigenvalue weighted by molar-refractivity contribution is 7.80. The first kappa shape index (κ1) is 11.7. The van der Waals surface area contributed by atoms with Crippen molar-refractivity contribution in [3.05, 3.63) is 0 Å². The molecule has 0 unspecified atom stereocenters. The average molecular weight is 192 g/mol. The van der Waals surface area contributed by atoms with Crippen molar-refractivity contribution in [2.75, 3.05) is 12.3 Å². The summed E-state index contributed by atoms with van der Waals surface area (Å²) in [6, 6.07) is -0.572. The normalized spacial score (nSPS) is 15.6. The largest absolute Gasteiger partial charge is 0.480 e. The van der Waals surface area contributed by atoms with E-state index in [9.17, 15) is 4.79 Å². The molecule has 4 N–H and O–H groups in total. The zero-order valence-electron chi connectivity index (χ0n) is 7.16. The zero-order valence-corrected chi connectivity index (χ0v) is 8.05. The number of carboxylic acid groups (broad SMARTS) is 1. The van der Waals surface area contributed by atoms with Crippen molar-refractivity contribution >= 4 is 18.6 Å². The van der Waals surface area contributed by atoms with Gasteiger partial charge in [0, 0.05) is 18.3 Å². The Morgan fingerprint density at radius 3 is 2.67 bits per heavy atom. The molecule has 0 aliphatic rings. The molecule has 0 rings (SSSR count). The van der Waals surface area contributed by atoms with E-state index in [1.54, 1.807) is 0 Å². The SMILES string of the molecule is CC[C@H](NC[C@@H](N)CS)C(=O)O. The lowest BCUT2D eigenvalue weighted by molar-refractivity contribution is -0.139. The van der Waals surface area contributed by atoms with Crippen LogP contribution in [-0.4, -0.2) is 35.5 Å². The number of hydrogen-bond acceptors (Lipinski definition) is 4. The molecule has 72 valence electrons. The van der Waals surface area contributed by atoms with Crippen LogP contribution >= 0.6 is 12.6 Å². The van der Waals surface area contributed by atoms with Crippen molar-refractivity contribution in [3.8, 4) is 0 Å². The Kier molecular flexibility index (Phi) is 6.14. The number of rotatable bonds is 6. The molecule has 0 aliphatic carbocycles. The number of carbonyl (C=O) groups is 1. The molecular formula is C7H16N2O2S. The molecule has 12 heavy (non-hydrogen) atoms.